The van der Waals surface area contributed by atoms with Crippen LogP contribution in [0.15, 0.2) is 89.5 Å². The zero-order valence-corrected chi connectivity index (χ0v) is 30.7. The van der Waals surface area contributed by atoms with Gasteiger partial charge in [-0.15, -0.1) is 0 Å². The van der Waals surface area contributed by atoms with Crippen LogP contribution in [0.25, 0.3) is 6.08 Å². The largest absolute Gasteiger partial charge is 0.452 e. The van der Waals surface area contributed by atoms with Crippen molar-refractivity contribution in [2.75, 3.05) is 19.6 Å². The molecule has 0 aromatic heterocycles. The molecule has 1 saturated carbocycles. The van der Waals surface area contributed by atoms with Crippen LogP contribution in [0, 0.1) is 11.3 Å². The number of halogens is 3. The predicted molar refractivity (Wildman–Crippen MR) is 192 cm³/mol. The summed E-state index contributed by atoms with van der Waals surface area (Å²) in [5.41, 5.74) is -2.24. The van der Waals surface area contributed by atoms with Gasteiger partial charge in [-0.3, -0.25) is 14.4 Å². The average molecular weight is 734 g/mol. The molecule has 0 radical (unpaired) electrons. The Balaban J connectivity index is 1.35. The second-order valence-corrected chi connectivity index (χ2v) is 15.9. The van der Waals surface area contributed by atoms with Gasteiger partial charge < -0.3 is 24.0 Å². The van der Waals surface area contributed by atoms with Crippen LogP contribution in [0.2, 0.25) is 0 Å². The zero-order valence-electron chi connectivity index (χ0n) is 30.7. The highest BCUT2D eigenvalue weighted by molar-refractivity contribution is 6.00. The number of nitrogens with zero attached hydrogens (tertiary/aromatic N) is 1. The molecule has 4 unspecified atom stereocenters. The second-order valence-electron chi connectivity index (χ2n) is 15.9. The minimum absolute atomic E-state index is 0.124. The lowest BCUT2D eigenvalue weighted by atomic mass is 9.47. The number of ether oxygens (including phenoxy) is 3. The van der Waals surface area contributed by atoms with Crippen LogP contribution in [-0.4, -0.2) is 77.7 Å². The van der Waals surface area contributed by atoms with Gasteiger partial charge in [-0.1, -0.05) is 80.6 Å². The summed E-state index contributed by atoms with van der Waals surface area (Å²) in [6.07, 6.45) is 1.29. The third-order valence-electron chi connectivity index (χ3n) is 12.2. The van der Waals surface area contributed by atoms with Crippen LogP contribution in [-0.2, 0) is 35.0 Å². The van der Waals surface area contributed by atoms with Crippen LogP contribution in [0.3, 0.4) is 0 Å². The van der Waals surface area contributed by atoms with Gasteiger partial charge in [-0.05, 0) is 53.7 Å². The lowest BCUT2D eigenvalue weighted by Gasteiger charge is -2.67. The van der Waals surface area contributed by atoms with Crippen LogP contribution in [0.5, 0.6) is 0 Å². The summed E-state index contributed by atoms with van der Waals surface area (Å²) in [6, 6.07) is 18.0. The number of hydrogen-bond acceptors (Lipinski definition) is 6. The molecule has 53 heavy (non-hydrogen) atoms. The summed E-state index contributed by atoms with van der Waals surface area (Å²) in [6.45, 7) is 9.52. The fourth-order valence-electron chi connectivity index (χ4n) is 10.7. The van der Waals surface area contributed by atoms with E-state index in [0.717, 1.165) is 54.7 Å². The van der Waals surface area contributed by atoms with E-state index in [4.69, 9.17) is 14.2 Å². The number of carbonyl (C=O) groups excluding carboxylic acids is 3. The monoisotopic (exact) mass is 733 g/mol. The van der Waals surface area contributed by atoms with Gasteiger partial charge in [-0.2, -0.15) is 13.2 Å². The first-order valence-corrected chi connectivity index (χ1v) is 18.7. The standard InChI is InChI=1S/C42H47F3N2O6/c1-27(2)26-47(22-18-30-12-7-5-8-13-30)23-21-39-35-16-11-19-40(39,52-28(3)48)34(47)25-32-17-20-41(53-29(4)49,37(51-35)36(32)39)46-38(50)33(42(43,44)45)24-31-14-9-6-10-15-31/h5-10,12-15,17,20,24,27,34-35,37H,11,16,18-19,21-23,25-26H2,1-4H3/p+1/t34-,35+,37?,39-,40?,41?,47?/m1/s1. The van der Waals surface area contributed by atoms with Crippen LogP contribution >= 0.6 is 0 Å². The number of amides is 1. The van der Waals surface area contributed by atoms with E-state index in [9.17, 15) is 27.6 Å². The Kier molecular flexibility index (Phi) is 9.50. The lowest BCUT2D eigenvalue weighted by molar-refractivity contribution is -0.969. The normalized spacial score (nSPS) is 33.0. The minimum atomic E-state index is -5.02. The van der Waals surface area contributed by atoms with E-state index >= 15 is 0 Å². The number of hydrogen-bond donors (Lipinski definition) is 1. The number of alkyl halides is 3. The van der Waals surface area contributed by atoms with Crippen molar-refractivity contribution in [2.45, 2.75) is 102 Å². The molecule has 7 atom stereocenters. The van der Waals surface area contributed by atoms with Crippen molar-refractivity contribution >= 4 is 23.9 Å². The van der Waals surface area contributed by atoms with Crippen LogP contribution < -0.4 is 5.32 Å². The second kappa shape index (κ2) is 13.6. The molecular formula is C42H48F3N2O6+. The summed E-state index contributed by atoms with van der Waals surface area (Å²) < 4.78 is 63.9. The molecule has 2 aromatic carbocycles. The molecule has 2 aliphatic heterocycles. The van der Waals surface area contributed by atoms with Gasteiger partial charge in [0.15, 0.2) is 5.60 Å². The Hall–Kier alpha value is -4.22. The molecule has 8 nitrogen and oxygen atoms in total. The number of carbonyl (C=O) groups is 3. The number of nitrogens with one attached hydrogen (secondary N) is 1. The molecule has 1 amide bonds. The van der Waals surface area contributed by atoms with Gasteiger partial charge >= 0.3 is 18.1 Å². The molecule has 1 spiro atoms. The number of quaternary nitrogens is 1. The maximum absolute atomic E-state index is 14.6. The molecule has 3 aliphatic carbocycles. The van der Waals surface area contributed by atoms with Crippen molar-refractivity contribution in [3.63, 3.8) is 0 Å². The fraction of sp³-hybridized carbons (Fsp3) is 0.500. The van der Waals surface area contributed by atoms with E-state index in [-0.39, 0.29) is 11.6 Å². The first-order chi connectivity index (χ1) is 25.1. The molecule has 282 valence electrons. The molecule has 5 aliphatic rings. The number of likely N-dealkylation sites (tertiary alicyclic amines) is 1. The molecule has 1 N–H and O–H groups in total. The molecule has 2 heterocycles. The smallest absolute Gasteiger partial charge is 0.421 e. The van der Waals surface area contributed by atoms with Crippen molar-refractivity contribution in [1.82, 2.24) is 5.32 Å². The quantitative estimate of drug-likeness (QED) is 0.122. The van der Waals surface area contributed by atoms with Crippen molar-refractivity contribution in [1.29, 1.82) is 0 Å². The van der Waals surface area contributed by atoms with E-state index in [1.165, 1.54) is 30.7 Å². The van der Waals surface area contributed by atoms with Crippen molar-refractivity contribution < 1.29 is 46.2 Å². The Morgan fingerprint density at radius 1 is 1.00 bits per heavy atom. The van der Waals surface area contributed by atoms with Crippen molar-refractivity contribution in [3.05, 3.63) is 101 Å². The zero-order chi connectivity index (χ0) is 37.8. The lowest BCUT2D eigenvalue weighted by Crippen LogP contribution is -2.80. The molecular weight excluding hydrogens is 685 g/mol. The third-order valence-corrected chi connectivity index (χ3v) is 12.2. The van der Waals surface area contributed by atoms with E-state index < -0.39 is 58.5 Å². The third kappa shape index (κ3) is 6.23. The van der Waals surface area contributed by atoms with Gasteiger partial charge in [0.05, 0.1) is 31.2 Å². The fourth-order valence-corrected chi connectivity index (χ4v) is 10.7. The Morgan fingerprint density at radius 3 is 2.32 bits per heavy atom. The number of rotatable bonds is 10. The summed E-state index contributed by atoms with van der Waals surface area (Å²) in [5, 5.41) is 2.51. The summed E-state index contributed by atoms with van der Waals surface area (Å²) in [5.74, 6) is -2.31. The van der Waals surface area contributed by atoms with Gasteiger partial charge in [0.2, 0.25) is 5.72 Å². The molecule has 7 rings (SSSR count). The van der Waals surface area contributed by atoms with Gasteiger partial charge in [0, 0.05) is 39.0 Å². The van der Waals surface area contributed by atoms with Crippen LogP contribution in [0.1, 0.15) is 70.9 Å². The Labute approximate surface area is 308 Å². The topological polar surface area (TPSA) is 90.9 Å². The van der Waals surface area contributed by atoms with E-state index in [1.807, 2.05) is 18.2 Å². The van der Waals surface area contributed by atoms with E-state index in [1.54, 1.807) is 24.3 Å². The number of allylic oxidation sites excluding steroid dienone is 1. The predicted octanol–water partition coefficient (Wildman–Crippen LogP) is 7.01. The van der Waals surface area contributed by atoms with E-state index in [2.05, 4.69) is 31.3 Å². The van der Waals surface area contributed by atoms with E-state index in [0.29, 0.717) is 38.0 Å². The highest BCUT2D eigenvalue weighted by atomic mass is 19.4. The highest BCUT2D eigenvalue weighted by Gasteiger charge is 2.80. The molecule has 11 heteroatoms. The highest BCUT2D eigenvalue weighted by Crippen LogP contribution is 2.70. The van der Waals surface area contributed by atoms with Gasteiger partial charge in [0.25, 0.3) is 5.91 Å². The first-order valence-electron chi connectivity index (χ1n) is 18.7. The van der Waals surface area contributed by atoms with Gasteiger partial charge in [-0.25, -0.2) is 0 Å². The van der Waals surface area contributed by atoms with Crippen LogP contribution in [0.4, 0.5) is 13.2 Å². The number of benzene rings is 2. The minimum Gasteiger partial charge on any atom is -0.452 e. The number of esters is 2. The molecule has 2 saturated heterocycles. The molecule has 2 aromatic rings. The molecule has 2 bridgehead atoms. The van der Waals surface area contributed by atoms with Crippen molar-refractivity contribution in [2.24, 2.45) is 11.3 Å². The maximum Gasteiger partial charge on any atom is 0.421 e. The maximum atomic E-state index is 14.6. The Morgan fingerprint density at radius 2 is 1.68 bits per heavy atom. The van der Waals surface area contributed by atoms with Gasteiger partial charge in [0.1, 0.15) is 17.7 Å². The summed E-state index contributed by atoms with van der Waals surface area (Å²) in [4.78, 5) is 40.0. The SMILES string of the molecule is CC(=O)OC1(NC(=O)C(=Cc2ccccc2)C(F)(F)F)C=CC2=C3C1O[C@H]1CCCC4(OC(C)=O)[C@@H](C2)[N+](CCc2ccccc2)(CC(C)C)CC[C@]314. The van der Waals surface area contributed by atoms with Crippen molar-refractivity contribution in [3.8, 4) is 0 Å². The molecule has 3 fully saturated rings. The first kappa shape index (κ1) is 37.1. The summed E-state index contributed by atoms with van der Waals surface area (Å²) >= 11 is 0. The summed E-state index contributed by atoms with van der Waals surface area (Å²) in [7, 11) is 0. The Bertz CT molecular complexity index is 1860. The average Bonchev–Trinajstić information content (AvgIpc) is 3.44. The number of piperidine rings is 1.